The van der Waals surface area contributed by atoms with Crippen LogP contribution >= 0.6 is 11.3 Å². The minimum atomic E-state index is 0.101. The second kappa shape index (κ2) is 10.9. The predicted molar refractivity (Wildman–Crippen MR) is 132 cm³/mol. The molecule has 0 aliphatic carbocycles. The highest BCUT2D eigenvalue weighted by atomic mass is 32.1. The quantitative estimate of drug-likeness (QED) is 0.491. The number of carbonyl (C=O) groups is 1. The van der Waals surface area contributed by atoms with Crippen molar-refractivity contribution < 1.29 is 4.79 Å². The molecule has 0 bridgehead atoms. The number of nitrogens with one attached hydrogen (secondary N) is 1. The van der Waals surface area contributed by atoms with Crippen molar-refractivity contribution in [3.63, 3.8) is 0 Å². The minimum absolute atomic E-state index is 0.101. The van der Waals surface area contributed by atoms with E-state index in [2.05, 4.69) is 64.3 Å². The number of rotatable bonds is 9. The van der Waals surface area contributed by atoms with Gasteiger partial charge in [0.1, 0.15) is 10.3 Å². The fourth-order valence-electron chi connectivity index (χ4n) is 4.20. The van der Waals surface area contributed by atoms with E-state index in [-0.39, 0.29) is 11.8 Å². The molecule has 6 nitrogen and oxygen atoms in total. The molecule has 1 fully saturated rings. The van der Waals surface area contributed by atoms with Crippen LogP contribution in [0.25, 0.3) is 10.3 Å². The second-order valence-corrected chi connectivity index (χ2v) is 9.74. The number of nitrogens with zero attached hydrogens (tertiary/aromatic N) is 4. The summed E-state index contributed by atoms with van der Waals surface area (Å²) in [6, 6.07) is 15.0. The van der Waals surface area contributed by atoms with Crippen LogP contribution in [0.3, 0.4) is 0 Å². The van der Waals surface area contributed by atoms with Crippen LogP contribution in [0.15, 0.2) is 48.7 Å². The van der Waals surface area contributed by atoms with Crippen LogP contribution in [0.4, 0.5) is 5.13 Å². The van der Waals surface area contributed by atoms with E-state index in [0.29, 0.717) is 6.04 Å². The summed E-state index contributed by atoms with van der Waals surface area (Å²) >= 11 is 1.63. The monoisotopic (exact) mass is 451 g/mol. The first-order chi connectivity index (χ1) is 15.6. The van der Waals surface area contributed by atoms with Gasteiger partial charge in [0.2, 0.25) is 5.91 Å². The number of carbonyl (C=O) groups excluding carboxylic acids is 1. The molecule has 1 aliphatic rings. The summed E-state index contributed by atoms with van der Waals surface area (Å²) in [5, 5.41) is 4.20. The molecular weight excluding hydrogens is 418 g/mol. The number of piperidine rings is 1. The van der Waals surface area contributed by atoms with E-state index >= 15 is 0 Å². The average molecular weight is 452 g/mol. The molecule has 0 spiro atoms. The zero-order valence-corrected chi connectivity index (χ0v) is 19.9. The third-order valence-electron chi connectivity index (χ3n) is 6.17. The van der Waals surface area contributed by atoms with E-state index in [1.807, 2.05) is 18.3 Å². The predicted octanol–water partition coefficient (Wildman–Crippen LogP) is 4.32. The van der Waals surface area contributed by atoms with Gasteiger partial charge in [0.15, 0.2) is 5.13 Å². The number of benzene rings is 1. The Hall–Kier alpha value is -2.51. The SMILES string of the molecule is CC(C)N(CCCNC(=O)C1CCN(c2nc3cccnc3s2)CC1)Cc1ccccc1. The topological polar surface area (TPSA) is 61.4 Å². The molecule has 3 heterocycles. The highest BCUT2D eigenvalue weighted by Crippen LogP contribution is 2.30. The number of hydrogen-bond donors (Lipinski definition) is 1. The summed E-state index contributed by atoms with van der Waals surface area (Å²) in [7, 11) is 0. The molecule has 1 saturated heterocycles. The van der Waals surface area contributed by atoms with Crippen molar-refractivity contribution in [2.45, 2.75) is 45.7 Å². The van der Waals surface area contributed by atoms with Gasteiger partial charge >= 0.3 is 0 Å². The molecule has 0 unspecified atom stereocenters. The molecule has 1 amide bonds. The van der Waals surface area contributed by atoms with E-state index in [1.165, 1.54) is 5.56 Å². The normalized spacial score (nSPS) is 15.1. The maximum Gasteiger partial charge on any atom is 0.223 e. The Bertz CT molecular complexity index is 965. The van der Waals surface area contributed by atoms with Crippen molar-refractivity contribution in [1.82, 2.24) is 20.2 Å². The maximum absolute atomic E-state index is 12.7. The maximum atomic E-state index is 12.7. The van der Waals surface area contributed by atoms with Gasteiger partial charge in [-0.3, -0.25) is 9.69 Å². The zero-order valence-electron chi connectivity index (χ0n) is 19.0. The lowest BCUT2D eigenvalue weighted by Gasteiger charge is -2.31. The van der Waals surface area contributed by atoms with Crippen molar-refractivity contribution in [3.05, 3.63) is 54.2 Å². The van der Waals surface area contributed by atoms with Crippen molar-refractivity contribution >= 4 is 32.7 Å². The fraction of sp³-hybridized carbons (Fsp3) is 0.480. The van der Waals surface area contributed by atoms with Gasteiger partial charge < -0.3 is 10.2 Å². The molecule has 170 valence electrons. The molecule has 0 atom stereocenters. The molecule has 7 heteroatoms. The fourth-order valence-corrected chi connectivity index (χ4v) is 5.16. The second-order valence-electron chi connectivity index (χ2n) is 8.78. The number of anilines is 1. The number of hydrogen-bond acceptors (Lipinski definition) is 6. The Morgan fingerprint density at radius 2 is 1.97 bits per heavy atom. The average Bonchev–Trinajstić information content (AvgIpc) is 3.26. The highest BCUT2D eigenvalue weighted by Gasteiger charge is 2.26. The smallest absolute Gasteiger partial charge is 0.223 e. The number of thiazole rings is 1. The van der Waals surface area contributed by atoms with Gasteiger partial charge in [0.05, 0.1) is 0 Å². The lowest BCUT2D eigenvalue weighted by atomic mass is 9.96. The van der Waals surface area contributed by atoms with Crippen LogP contribution in [-0.4, -0.2) is 53.0 Å². The highest BCUT2D eigenvalue weighted by molar-refractivity contribution is 7.21. The number of aromatic nitrogens is 2. The van der Waals surface area contributed by atoms with Crippen LogP contribution < -0.4 is 10.2 Å². The van der Waals surface area contributed by atoms with Gasteiger partial charge in [-0.25, -0.2) is 9.97 Å². The van der Waals surface area contributed by atoms with Gasteiger partial charge in [-0.05, 0) is 50.8 Å². The van der Waals surface area contributed by atoms with E-state index < -0.39 is 0 Å². The van der Waals surface area contributed by atoms with Crippen molar-refractivity contribution in [3.8, 4) is 0 Å². The Kier molecular flexibility index (Phi) is 7.71. The molecule has 1 aliphatic heterocycles. The number of pyridine rings is 1. The molecule has 4 rings (SSSR count). The largest absolute Gasteiger partial charge is 0.356 e. The summed E-state index contributed by atoms with van der Waals surface area (Å²) in [5.41, 5.74) is 2.29. The third kappa shape index (κ3) is 5.84. The van der Waals surface area contributed by atoms with E-state index in [9.17, 15) is 4.79 Å². The van der Waals surface area contributed by atoms with Gasteiger partial charge in [0.25, 0.3) is 0 Å². The first-order valence-corrected chi connectivity index (χ1v) is 12.4. The molecule has 2 aromatic heterocycles. The molecular formula is C25H33N5OS. The van der Waals surface area contributed by atoms with E-state index in [4.69, 9.17) is 4.98 Å². The Balaban J connectivity index is 1.18. The number of fused-ring (bicyclic) bond motifs is 1. The third-order valence-corrected chi connectivity index (χ3v) is 7.21. The van der Waals surface area contributed by atoms with Crippen molar-refractivity contribution in [2.75, 3.05) is 31.1 Å². The first kappa shape index (κ1) is 22.7. The summed E-state index contributed by atoms with van der Waals surface area (Å²) in [6.45, 7) is 8.88. The zero-order chi connectivity index (χ0) is 22.3. The lowest BCUT2D eigenvalue weighted by molar-refractivity contribution is -0.125. The summed E-state index contributed by atoms with van der Waals surface area (Å²) < 4.78 is 0. The first-order valence-electron chi connectivity index (χ1n) is 11.6. The standard InChI is InChI=1S/C25H33N5OS/c1-19(2)30(18-20-8-4-3-5-9-20)15-7-14-26-23(31)21-11-16-29(17-12-21)25-28-22-10-6-13-27-24(22)32-25/h3-6,8-10,13,19,21H,7,11-12,14-18H2,1-2H3,(H,26,31). The lowest BCUT2D eigenvalue weighted by Crippen LogP contribution is -2.41. The molecule has 3 aromatic rings. The molecule has 0 radical (unpaired) electrons. The van der Waals surface area contributed by atoms with Crippen molar-refractivity contribution in [2.24, 2.45) is 5.92 Å². The molecule has 0 saturated carbocycles. The van der Waals surface area contributed by atoms with Gasteiger partial charge in [0, 0.05) is 50.9 Å². The minimum Gasteiger partial charge on any atom is -0.356 e. The van der Waals surface area contributed by atoms with Crippen molar-refractivity contribution in [1.29, 1.82) is 0 Å². The number of amides is 1. The molecule has 1 aromatic carbocycles. The van der Waals surface area contributed by atoms with Crippen LogP contribution in [0.2, 0.25) is 0 Å². The summed E-state index contributed by atoms with van der Waals surface area (Å²) in [4.78, 5) is 27.5. The summed E-state index contributed by atoms with van der Waals surface area (Å²) in [6.07, 6.45) is 4.53. The molecule has 32 heavy (non-hydrogen) atoms. The Morgan fingerprint density at radius 1 is 1.19 bits per heavy atom. The van der Waals surface area contributed by atoms with E-state index in [1.54, 1.807) is 11.3 Å². The Morgan fingerprint density at radius 3 is 2.69 bits per heavy atom. The molecule has 1 N–H and O–H groups in total. The summed E-state index contributed by atoms with van der Waals surface area (Å²) in [5.74, 6) is 0.305. The van der Waals surface area contributed by atoms with Gasteiger partial charge in [-0.1, -0.05) is 41.7 Å². The van der Waals surface area contributed by atoms with E-state index in [0.717, 1.165) is 67.5 Å². The van der Waals surface area contributed by atoms with Crippen LogP contribution in [0, 0.1) is 5.92 Å². The van der Waals surface area contributed by atoms with Crippen LogP contribution in [-0.2, 0) is 11.3 Å². The van der Waals surface area contributed by atoms with Crippen LogP contribution in [0.1, 0.15) is 38.7 Å². The Labute approximate surface area is 194 Å². The van der Waals surface area contributed by atoms with Gasteiger partial charge in [-0.15, -0.1) is 0 Å². The van der Waals surface area contributed by atoms with Gasteiger partial charge in [-0.2, -0.15) is 0 Å². The van der Waals surface area contributed by atoms with Crippen LogP contribution in [0.5, 0.6) is 0 Å².